The molecule has 108 valence electrons. The number of aromatic nitrogens is 5. The summed E-state index contributed by atoms with van der Waals surface area (Å²) in [6.45, 7) is 2.16. The number of rotatable bonds is 4. The first-order chi connectivity index (χ1) is 10.2. The Morgan fingerprint density at radius 2 is 2.24 bits per heavy atom. The van der Waals surface area contributed by atoms with E-state index in [1.54, 1.807) is 0 Å². The van der Waals surface area contributed by atoms with Gasteiger partial charge in [-0.1, -0.05) is 23.4 Å². The fourth-order valence-electron chi connectivity index (χ4n) is 1.77. The van der Waals surface area contributed by atoms with Crippen molar-refractivity contribution in [2.75, 3.05) is 0 Å². The topological polar surface area (TPSA) is 98.8 Å². The van der Waals surface area contributed by atoms with Crippen LogP contribution < -0.4 is 10.4 Å². The molecule has 3 rings (SSSR count). The van der Waals surface area contributed by atoms with E-state index in [-0.39, 0.29) is 12.5 Å². The molecule has 0 amide bonds. The van der Waals surface area contributed by atoms with Crippen LogP contribution in [0.3, 0.4) is 0 Å². The molecule has 2 aromatic heterocycles. The summed E-state index contributed by atoms with van der Waals surface area (Å²) < 4.78 is 12.5. The number of ether oxygens (including phenoxy) is 1. The number of hydrogen-bond donors (Lipinski definition) is 1. The Hall–Kier alpha value is -2.17. The van der Waals surface area contributed by atoms with Crippen molar-refractivity contribution in [3.8, 4) is 11.6 Å². The first kappa shape index (κ1) is 13.8. The number of H-pyrrole nitrogens is 1. The molecule has 0 saturated heterocycles. The normalized spacial score (nSPS) is 10.8. The number of aromatic amines is 1. The van der Waals surface area contributed by atoms with E-state index >= 15 is 0 Å². The molecule has 0 aliphatic carbocycles. The number of nitrogens with zero attached hydrogens (tertiary/aromatic N) is 4. The first-order valence-corrected chi connectivity index (χ1v) is 7.08. The van der Waals surface area contributed by atoms with Crippen LogP contribution in [0.1, 0.15) is 11.1 Å². The van der Waals surface area contributed by atoms with Gasteiger partial charge in [-0.05, 0) is 51.6 Å². The summed E-state index contributed by atoms with van der Waals surface area (Å²) in [6, 6.07) is 7.66. The Kier molecular flexibility index (Phi) is 3.73. The standard InChI is InChI=1S/C12H10IN5O3/c1-7-4-2-3-5-9(7)20-6-8-10(13)15-21-11(8)18-12(19)14-16-17-18/h2-5H,6H2,1H3,(H,14,17,19). The largest absolute Gasteiger partial charge is 0.488 e. The lowest BCUT2D eigenvalue weighted by molar-refractivity contribution is 0.300. The molecule has 9 heteroatoms. The maximum absolute atomic E-state index is 11.6. The smallest absolute Gasteiger partial charge is 0.368 e. The lowest BCUT2D eigenvalue weighted by Gasteiger charge is -2.08. The fourth-order valence-corrected chi connectivity index (χ4v) is 2.25. The van der Waals surface area contributed by atoms with Crippen molar-refractivity contribution in [3.63, 3.8) is 0 Å². The van der Waals surface area contributed by atoms with Crippen molar-refractivity contribution in [2.45, 2.75) is 13.5 Å². The van der Waals surface area contributed by atoms with Crippen LogP contribution in [0.4, 0.5) is 0 Å². The van der Waals surface area contributed by atoms with Gasteiger partial charge in [-0.25, -0.2) is 9.89 Å². The van der Waals surface area contributed by atoms with Gasteiger partial charge in [0.2, 0.25) is 0 Å². The highest BCUT2D eigenvalue weighted by Gasteiger charge is 2.19. The molecule has 3 aromatic rings. The second-order valence-corrected chi connectivity index (χ2v) is 5.25. The van der Waals surface area contributed by atoms with Gasteiger partial charge in [0.05, 0.1) is 5.56 Å². The molecule has 0 atom stereocenters. The minimum Gasteiger partial charge on any atom is -0.488 e. The van der Waals surface area contributed by atoms with Crippen molar-refractivity contribution >= 4 is 22.6 Å². The summed E-state index contributed by atoms with van der Waals surface area (Å²) in [7, 11) is 0. The lowest BCUT2D eigenvalue weighted by Crippen LogP contribution is -2.17. The van der Waals surface area contributed by atoms with E-state index in [0.29, 0.717) is 9.26 Å². The highest BCUT2D eigenvalue weighted by molar-refractivity contribution is 14.1. The molecule has 2 heterocycles. The van der Waals surface area contributed by atoms with E-state index in [1.165, 1.54) is 0 Å². The zero-order valence-corrected chi connectivity index (χ0v) is 13.1. The molecule has 0 aliphatic rings. The zero-order valence-electron chi connectivity index (χ0n) is 10.9. The van der Waals surface area contributed by atoms with Crippen LogP contribution in [0.25, 0.3) is 5.88 Å². The molecule has 0 spiro atoms. The predicted molar refractivity (Wildman–Crippen MR) is 80.3 cm³/mol. The Morgan fingerprint density at radius 1 is 1.43 bits per heavy atom. The zero-order chi connectivity index (χ0) is 14.8. The average Bonchev–Trinajstić information content (AvgIpc) is 3.04. The van der Waals surface area contributed by atoms with Gasteiger partial charge in [0.25, 0.3) is 5.88 Å². The van der Waals surface area contributed by atoms with Crippen LogP contribution >= 0.6 is 22.6 Å². The lowest BCUT2D eigenvalue weighted by atomic mass is 10.2. The summed E-state index contributed by atoms with van der Waals surface area (Å²) in [4.78, 5) is 11.6. The molecule has 0 aliphatic heterocycles. The molecule has 21 heavy (non-hydrogen) atoms. The molecule has 0 bridgehead atoms. The molecule has 1 N–H and O–H groups in total. The van der Waals surface area contributed by atoms with Crippen LogP contribution in [0.5, 0.6) is 5.75 Å². The first-order valence-electron chi connectivity index (χ1n) is 6.00. The molecule has 0 saturated carbocycles. The molecule has 0 fully saturated rings. The monoisotopic (exact) mass is 399 g/mol. The van der Waals surface area contributed by atoms with E-state index in [9.17, 15) is 4.79 Å². The second-order valence-electron chi connectivity index (χ2n) is 4.23. The number of aryl methyl sites for hydroxylation is 1. The third kappa shape index (κ3) is 2.68. The minimum atomic E-state index is -0.500. The van der Waals surface area contributed by atoms with Crippen molar-refractivity contribution in [1.82, 2.24) is 25.4 Å². The molecule has 8 nitrogen and oxygen atoms in total. The van der Waals surface area contributed by atoms with Gasteiger partial charge in [-0.3, -0.25) is 0 Å². The third-order valence-corrected chi connectivity index (χ3v) is 3.70. The molecular formula is C12H10IN5O3. The molecular weight excluding hydrogens is 389 g/mol. The maximum Gasteiger partial charge on any atom is 0.368 e. The average molecular weight is 399 g/mol. The number of para-hydroxylation sites is 1. The van der Waals surface area contributed by atoms with Crippen LogP contribution in [0, 0.1) is 10.6 Å². The number of benzene rings is 1. The Morgan fingerprint density at radius 3 is 2.95 bits per heavy atom. The van der Waals surface area contributed by atoms with Gasteiger partial charge in [0, 0.05) is 0 Å². The van der Waals surface area contributed by atoms with E-state index < -0.39 is 5.69 Å². The van der Waals surface area contributed by atoms with Gasteiger partial charge in [0.1, 0.15) is 12.4 Å². The van der Waals surface area contributed by atoms with Gasteiger partial charge in [0.15, 0.2) is 3.70 Å². The van der Waals surface area contributed by atoms with E-state index in [2.05, 4.69) is 20.7 Å². The molecule has 1 aromatic carbocycles. The van der Waals surface area contributed by atoms with Crippen LogP contribution in [-0.4, -0.2) is 25.4 Å². The van der Waals surface area contributed by atoms with Crippen LogP contribution in [0.2, 0.25) is 0 Å². The number of hydrogen-bond acceptors (Lipinski definition) is 6. The van der Waals surface area contributed by atoms with Crippen molar-refractivity contribution in [3.05, 3.63) is 49.6 Å². The van der Waals surface area contributed by atoms with Crippen molar-refractivity contribution < 1.29 is 9.26 Å². The Balaban J connectivity index is 1.90. The fraction of sp³-hybridized carbons (Fsp3) is 0.167. The van der Waals surface area contributed by atoms with Gasteiger partial charge < -0.3 is 9.26 Å². The summed E-state index contributed by atoms with van der Waals surface area (Å²) in [5.41, 5.74) is 1.15. The van der Waals surface area contributed by atoms with Crippen LogP contribution in [-0.2, 0) is 6.61 Å². The number of halogens is 1. The maximum atomic E-state index is 11.6. The van der Waals surface area contributed by atoms with Crippen LogP contribution in [0.15, 0.2) is 33.6 Å². The quantitative estimate of drug-likeness (QED) is 0.667. The van der Waals surface area contributed by atoms with Crippen molar-refractivity contribution in [2.24, 2.45) is 0 Å². The highest BCUT2D eigenvalue weighted by atomic mass is 127. The van der Waals surface area contributed by atoms with E-state index in [1.807, 2.05) is 53.8 Å². The number of nitrogens with one attached hydrogen (secondary N) is 1. The Labute approximate surface area is 132 Å². The highest BCUT2D eigenvalue weighted by Crippen LogP contribution is 2.23. The SMILES string of the molecule is Cc1ccccc1OCc1c(I)noc1-n1nn[nH]c1=O. The number of tetrazole rings is 1. The van der Waals surface area contributed by atoms with E-state index in [4.69, 9.17) is 9.26 Å². The summed E-state index contributed by atoms with van der Waals surface area (Å²) in [6.07, 6.45) is 0. The van der Waals surface area contributed by atoms with Gasteiger partial charge in [-0.2, -0.15) is 0 Å². The summed E-state index contributed by atoms with van der Waals surface area (Å²) >= 11 is 2.01. The Bertz CT molecular complexity index is 822. The predicted octanol–water partition coefficient (Wildman–Crippen LogP) is 1.44. The van der Waals surface area contributed by atoms with Gasteiger partial charge >= 0.3 is 5.69 Å². The second kappa shape index (κ2) is 5.68. The summed E-state index contributed by atoms with van der Waals surface area (Å²) in [5.74, 6) is 0.958. The summed E-state index contributed by atoms with van der Waals surface area (Å²) in [5, 5.41) is 13.1. The van der Waals surface area contributed by atoms with E-state index in [0.717, 1.165) is 16.0 Å². The molecule has 0 unspecified atom stereocenters. The third-order valence-electron chi connectivity index (χ3n) is 2.85. The minimum absolute atomic E-state index is 0.201. The van der Waals surface area contributed by atoms with Gasteiger partial charge in [-0.15, -0.1) is 4.68 Å². The van der Waals surface area contributed by atoms with Crippen molar-refractivity contribution in [1.29, 1.82) is 0 Å². The molecule has 0 radical (unpaired) electrons.